The molecule has 0 saturated heterocycles. The fourth-order valence-electron chi connectivity index (χ4n) is 1.20. The van der Waals surface area contributed by atoms with Crippen LogP contribution in [0.15, 0.2) is 17.5 Å². The van der Waals surface area contributed by atoms with Gasteiger partial charge in [0.25, 0.3) is 0 Å². The average molecular weight is 209 g/mol. The molecule has 2 nitrogen and oxygen atoms in total. The van der Waals surface area contributed by atoms with E-state index in [1.54, 1.807) is 6.07 Å². The monoisotopic (exact) mass is 208 g/mol. The third kappa shape index (κ3) is 1.15. The van der Waals surface area contributed by atoms with Crippen LogP contribution in [0.2, 0.25) is 5.02 Å². The first-order valence-corrected chi connectivity index (χ1v) is 4.85. The highest BCUT2D eigenvalue weighted by molar-refractivity contribution is 7.18. The topological polar surface area (TPSA) is 49.8 Å². The maximum Gasteiger partial charge on any atom is 0.101 e. The first-order valence-electron chi connectivity index (χ1n) is 3.59. The van der Waals surface area contributed by atoms with E-state index in [2.05, 4.69) is 0 Å². The number of hydrogen-bond acceptors (Lipinski definition) is 3. The molecule has 0 spiro atoms. The Balaban J connectivity index is 2.93. The van der Waals surface area contributed by atoms with Gasteiger partial charge in [-0.05, 0) is 12.1 Å². The van der Waals surface area contributed by atoms with Crippen LogP contribution in [0.5, 0.6) is 0 Å². The molecule has 0 fully saturated rings. The van der Waals surface area contributed by atoms with Crippen molar-refractivity contribution in [1.82, 2.24) is 0 Å². The van der Waals surface area contributed by atoms with Crippen molar-refractivity contribution in [3.63, 3.8) is 0 Å². The Morgan fingerprint density at radius 2 is 2.23 bits per heavy atom. The summed E-state index contributed by atoms with van der Waals surface area (Å²) in [5, 5.41) is 11.8. The molecule has 2 N–H and O–H groups in total. The van der Waals surface area contributed by atoms with Crippen LogP contribution in [0.25, 0.3) is 10.1 Å². The van der Waals surface area contributed by atoms with Gasteiger partial charge in [-0.2, -0.15) is 5.26 Å². The number of halogens is 1. The molecule has 0 amide bonds. The normalized spacial score (nSPS) is 10.2. The van der Waals surface area contributed by atoms with Crippen LogP contribution in [0.3, 0.4) is 0 Å². The van der Waals surface area contributed by atoms with Crippen molar-refractivity contribution in [3.05, 3.63) is 28.1 Å². The fraction of sp³-hybridized carbons (Fsp3) is 0. The molecule has 0 aliphatic rings. The van der Waals surface area contributed by atoms with Crippen molar-refractivity contribution in [2.45, 2.75) is 0 Å². The fourth-order valence-corrected chi connectivity index (χ4v) is 2.43. The van der Waals surface area contributed by atoms with Gasteiger partial charge in [0, 0.05) is 15.5 Å². The molecule has 0 radical (unpaired) electrons. The van der Waals surface area contributed by atoms with Crippen molar-refractivity contribution in [1.29, 1.82) is 5.26 Å². The number of nitriles is 1. The van der Waals surface area contributed by atoms with Crippen LogP contribution in [0.4, 0.5) is 5.69 Å². The van der Waals surface area contributed by atoms with Crippen molar-refractivity contribution in [2.24, 2.45) is 0 Å². The quantitative estimate of drug-likeness (QED) is 0.724. The van der Waals surface area contributed by atoms with E-state index in [1.165, 1.54) is 11.3 Å². The summed E-state index contributed by atoms with van der Waals surface area (Å²) in [6.45, 7) is 0. The van der Waals surface area contributed by atoms with E-state index in [1.807, 2.05) is 17.5 Å². The molecule has 1 aromatic carbocycles. The average Bonchev–Trinajstić information content (AvgIpc) is 2.49. The minimum Gasteiger partial charge on any atom is -0.398 e. The number of nitrogens with zero attached hydrogens (tertiary/aromatic N) is 1. The van der Waals surface area contributed by atoms with Crippen LogP contribution < -0.4 is 5.73 Å². The van der Waals surface area contributed by atoms with Crippen LogP contribution in [-0.2, 0) is 0 Å². The van der Waals surface area contributed by atoms with Gasteiger partial charge in [0.2, 0.25) is 0 Å². The molecule has 4 heteroatoms. The number of nitrogens with two attached hydrogens (primary N) is 1. The van der Waals surface area contributed by atoms with Gasteiger partial charge in [-0.1, -0.05) is 11.6 Å². The molecule has 0 bridgehead atoms. The van der Waals surface area contributed by atoms with Crippen molar-refractivity contribution < 1.29 is 0 Å². The van der Waals surface area contributed by atoms with E-state index in [0.29, 0.717) is 16.3 Å². The standard InChI is InChI=1S/C9H5ClN2S/c10-9-5(3-11)1-2-7-8(9)6(12)4-13-7/h1-2,4H,12H2. The lowest BCUT2D eigenvalue weighted by molar-refractivity contribution is 1.50. The summed E-state index contributed by atoms with van der Waals surface area (Å²) in [4.78, 5) is 0. The molecule has 0 atom stereocenters. The van der Waals surface area contributed by atoms with Crippen LogP contribution in [-0.4, -0.2) is 0 Å². The number of hydrogen-bond donors (Lipinski definition) is 1. The highest BCUT2D eigenvalue weighted by atomic mass is 35.5. The van der Waals surface area contributed by atoms with E-state index in [9.17, 15) is 0 Å². The minimum absolute atomic E-state index is 0.457. The number of thiophene rings is 1. The first-order chi connectivity index (χ1) is 6.24. The molecule has 64 valence electrons. The third-order valence-corrected chi connectivity index (χ3v) is 3.18. The Labute approximate surface area is 84.2 Å². The predicted molar refractivity (Wildman–Crippen MR) is 56.0 cm³/mol. The van der Waals surface area contributed by atoms with E-state index in [0.717, 1.165) is 10.1 Å². The third-order valence-electron chi connectivity index (χ3n) is 1.83. The van der Waals surface area contributed by atoms with E-state index in [-0.39, 0.29) is 0 Å². The summed E-state index contributed by atoms with van der Waals surface area (Å²) in [5.41, 5.74) is 6.83. The van der Waals surface area contributed by atoms with E-state index >= 15 is 0 Å². The van der Waals surface area contributed by atoms with Gasteiger partial charge >= 0.3 is 0 Å². The number of rotatable bonds is 0. The first kappa shape index (κ1) is 8.36. The van der Waals surface area contributed by atoms with Gasteiger partial charge in [0.1, 0.15) is 6.07 Å². The number of nitrogen functional groups attached to an aromatic ring is 1. The van der Waals surface area contributed by atoms with Crippen LogP contribution in [0, 0.1) is 11.3 Å². The maximum atomic E-state index is 8.73. The molecule has 0 unspecified atom stereocenters. The molecular weight excluding hydrogens is 204 g/mol. The molecule has 2 rings (SSSR count). The lowest BCUT2D eigenvalue weighted by atomic mass is 10.1. The largest absolute Gasteiger partial charge is 0.398 e. The van der Waals surface area contributed by atoms with Crippen LogP contribution in [0.1, 0.15) is 5.56 Å². The van der Waals surface area contributed by atoms with Gasteiger partial charge in [0.05, 0.1) is 16.3 Å². The predicted octanol–water partition coefficient (Wildman–Crippen LogP) is 3.01. The lowest BCUT2D eigenvalue weighted by Gasteiger charge is -1.97. The number of benzene rings is 1. The second-order valence-corrected chi connectivity index (χ2v) is 3.89. The second kappa shape index (κ2) is 2.91. The van der Waals surface area contributed by atoms with Gasteiger partial charge in [-0.15, -0.1) is 11.3 Å². The van der Waals surface area contributed by atoms with Crippen molar-refractivity contribution >= 4 is 38.7 Å². The smallest absolute Gasteiger partial charge is 0.101 e. The Morgan fingerprint density at radius 1 is 1.46 bits per heavy atom. The van der Waals surface area contributed by atoms with E-state index < -0.39 is 0 Å². The summed E-state index contributed by atoms with van der Waals surface area (Å²) in [6.07, 6.45) is 0. The summed E-state index contributed by atoms with van der Waals surface area (Å²) in [6, 6.07) is 5.59. The Hall–Kier alpha value is -1.24. The summed E-state index contributed by atoms with van der Waals surface area (Å²) in [5.74, 6) is 0. The van der Waals surface area contributed by atoms with Gasteiger partial charge in [-0.25, -0.2) is 0 Å². The van der Waals surface area contributed by atoms with Crippen molar-refractivity contribution in [2.75, 3.05) is 5.73 Å². The zero-order valence-electron chi connectivity index (χ0n) is 6.54. The van der Waals surface area contributed by atoms with Gasteiger partial charge < -0.3 is 5.73 Å². The van der Waals surface area contributed by atoms with Crippen LogP contribution >= 0.6 is 22.9 Å². The SMILES string of the molecule is N#Cc1ccc2scc(N)c2c1Cl. The maximum absolute atomic E-state index is 8.73. The Bertz CT molecular complexity index is 510. The Kier molecular flexibility index (Phi) is 1.87. The lowest BCUT2D eigenvalue weighted by Crippen LogP contribution is -1.83. The van der Waals surface area contributed by atoms with E-state index in [4.69, 9.17) is 22.6 Å². The van der Waals surface area contributed by atoms with Gasteiger partial charge in [0.15, 0.2) is 0 Å². The molecule has 0 aliphatic carbocycles. The highest BCUT2D eigenvalue weighted by Crippen LogP contribution is 2.35. The number of anilines is 1. The molecule has 1 aromatic heterocycles. The second-order valence-electron chi connectivity index (χ2n) is 2.60. The van der Waals surface area contributed by atoms with Crippen molar-refractivity contribution in [3.8, 4) is 6.07 Å². The summed E-state index contributed by atoms with van der Waals surface area (Å²) < 4.78 is 1.02. The molecular formula is C9H5ClN2S. The summed E-state index contributed by atoms with van der Waals surface area (Å²) >= 11 is 7.52. The molecule has 0 aliphatic heterocycles. The molecule has 13 heavy (non-hydrogen) atoms. The minimum atomic E-state index is 0.457. The molecule has 1 heterocycles. The zero-order chi connectivity index (χ0) is 9.42. The van der Waals surface area contributed by atoms with Gasteiger partial charge in [-0.3, -0.25) is 0 Å². The zero-order valence-corrected chi connectivity index (χ0v) is 8.12. The number of fused-ring (bicyclic) bond motifs is 1. The highest BCUT2D eigenvalue weighted by Gasteiger charge is 2.08. The molecule has 0 saturated carbocycles. The molecule has 2 aromatic rings. The Morgan fingerprint density at radius 3 is 2.92 bits per heavy atom. The summed E-state index contributed by atoms with van der Waals surface area (Å²) in [7, 11) is 0.